The maximum atomic E-state index is 13.6. The lowest BCUT2D eigenvalue weighted by molar-refractivity contribution is 0.0778. The van der Waals surface area contributed by atoms with E-state index in [2.05, 4.69) is 25.1 Å². The van der Waals surface area contributed by atoms with Gasteiger partial charge in [-0.1, -0.05) is 6.92 Å². The topological polar surface area (TPSA) is 139 Å². The molecule has 3 heterocycles. The van der Waals surface area contributed by atoms with E-state index in [1.165, 1.54) is 6.07 Å². The van der Waals surface area contributed by atoms with Gasteiger partial charge in [0.1, 0.15) is 17.3 Å². The number of anilines is 1. The zero-order valence-corrected chi connectivity index (χ0v) is 20.0. The summed E-state index contributed by atoms with van der Waals surface area (Å²) in [5.74, 6) is 1.53. The van der Waals surface area contributed by atoms with Gasteiger partial charge in [-0.25, -0.2) is 15.0 Å². The maximum absolute atomic E-state index is 13.6. The fourth-order valence-corrected chi connectivity index (χ4v) is 4.39. The van der Waals surface area contributed by atoms with Crippen molar-refractivity contribution < 1.29 is 9.90 Å². The molecule has 178 valence electrons. The smallest absolute Gasteiger partial charge is 0.273 e. The Morgan fingerprint density at radius 2 is 2.03 bits per heavy atom. The number of hydrogen-bond acceptors (Lipinski definition) is 7. The number of nitrogens with zero attached hydrogens (tertiary/aromatic N) is 6. The highest BCUT2D eigenvalue weighted by atomic mass is 16.3. The number of amides is 1. The molecule has 4 N–H and O–H groups in total. The average molecular weight is 471 g/mol. The summed E-state index contributed by atoms with van der Waals surface area (Å²) in [6.45, 7) is 4.34. The molecule has 0 saturated heterocycles. The molecule has 5 aromatic rings. The van der Waals surface area contributed by atoms with Gasteiger partial charge in [0.15, 0.2) is 11.6 Å². The molecule has 0 aliphatic carbocycles. The van der Waals surface area contributed by atoms with Crippen LogP contribution in [-0.4, -0.2) is 52.7 Å². The summed E-state index contributed by atoms with van der Waals surface area (Å²) in [5.41, 5.74) is 10.1. The Morgan fingerprint density at radius 3 is 2.77 bits per heavy atom. The van der Waals surface area contributed by atoms with Crippen LogP contribution in [0.1, 0.15) is 34.5 Å². The number of aromatic hydroxyl groups is 1. The molecule has 2 aromatic carbocycles. The summed E-state index contributed by atoms with van der Waals surface area (Å²) >= 11 is 0. The van der Waals surface area contributed by atoms with Crippen molar-refractivity contribution in [2.45, 2.75) is 26.8 Å². The Bertz CT molecular complexity index is 1600. The van der Waals surface area contributed by atoms with Gasteiger partial charge in [-0.15, -0.1) is 0 Å². The van der Waals surface area contributed by atoms with E-state index in [-0.39, 0.29) is 17.4 Å². The van der Waals surface area contributed by atoms with E-state index in [0.29, 0.717) is 29.1 Å². The number of nitrogen functional groups attached to an aromatic ring is 1. The highest BCUT2D eigenvalue weighted by Crippen LogP contribution is 2.30. The Morgan fingerprint density at radius 1 is 1.23 bits per heavy atom. The third-order valence-corrected chi connectivity index (χ3v) is 6.27. The van der Waals surface area contributed by atoms with Gasteiger partial charge >= 0.3 is 0 Å². The Hall–Kier alpha value is -4.47. The molecule has 3 aromatic heterocycles. The van der Waals surface area contributed by atoms with Crippen LogP contribution < -0.4 is 5.73 Å². The van der Waals surface area contributed by atoms with Crippen molar-refractivity contribution in [3.05, 3.63) is 59.3 Å². The SMILES string of the molecule is CCc1ncc(CN(C)C(=O)c2nc(-c3cc(C)c4c(N)n[nH]c4c3)nc3ccc(O)cc23)n1C. The summed E-state index contributed by atoms with van der Waals surface area (Å²) in [6, 6.07) is 8.54. The molecular formula is C25H26N8O2. The number of nitrogens with two attached hydrogens (primary N) is 1. The van der Waals surface area contributed by atoms with Crippen LogP contribution in [0.5, 0.6) is 5.75 Å². The minimum Gasteiger partial charge on any atom is -0.508 e. The molecular weight excluding hydrogens is 444 g/mol. The fraction of sp³-hybridized carbons (Fsp3) is 0.240. The second-order valence-corrected chi connectivity index (χ2v) is 8.66. The maximum Gasteiger partial charge on any atom is 0.273 e. The van der Waals surface area contributed by atoms with Gasteiger partial charge in [0.2, 0.25) is 0 Å². The van der Waals surface area contributed by atoms with Gasteiger partial charge in [-0.3, -0.25) is 9.89 Å². The van der Waals surface area contributed by atoms with Crippen LogP contribution in [-0.2, 0) is 20.0 Å². The van der Waals surface area contributed by atoms with Crippen LogP contribution in [0.3, 0.4) is 0 Å². The monoisotopic (exact) mass is 470 g/mol. The number of carbonyl (C=O) groups is 1. The van der Waals surface area contributed by atoms with Crippen LogP contribution in [0.4, 0.5) is 5.82 Å². The normalized spacial score (nSPS) is 11.4. The molecule has 10 heteroatoms. The van der Waals surface area contributed by atoms with Crippen LogP contribution >= 0.6 is 0 Å². The first-order valence-electron chi connectivity index (χ1n) is 11.3. The van der Waals surface area contributed by atoms with E-state index in [9.17, 15) is 9.90 Å². The molecule has 1 amide bonds. The summed E-state index contributed by atoms with van der Waals surface area (Å²) in [5, 5.41) is 18.5. The van der Waals surface area contributed by atoms with Crippen LogP contribution in [0.25, 0.3) is 33.2 Å². The second-order valence-electron chi connectivity index (χ2n) is 8.66. The van der Waals surface area contributed by atoms with Gasteiger partial charge < -0.3 is 20.3 Å². The number of imidazole rings is 1. The predicted molar refractivity (Wildman–Crippen MR) is 134 cm³/mol. The lowest BCUT2D eigenvalue weighted by Crippen LogP contribution is -2.28. The number of aryl methyl sites for hydroxylation is 2. The summed E-state index contributed by atoms with van der Waals surface area (Å²) < 4.78 is 1.99. The molecule has 0 atom stereocenters. The molecule has 0 aliphatic heterocycles. The molecule has 0 spiro atoms. The lowest BCUT2D eigenvalue weighted by atomic mass is 10.1. The molecule has 5 rings (SSSR count). The van der Waals surface area contributed by atoms with Crippen molar-refractivity contribution in [1.29, 1.82) is 0 Å². The summed E-state index contributed by atoms with van der Waals surface area (Å²) in [6.07, 6.45) is 2.59. The van der Waals surface area contributed by atoms with Gasteiger partial charge in [0.25, 0.3) is 5.91 Å². The van der Waals surface area contributed by atoms with Crippen molar-refractivity contribution in [1.82, 2.24) is 34.6 Å². The quantitative estimate of drug-likeness (QED) is 0.358. The molecule has 0 aliphatic rings. The molecule has 10 nitrogen and oxygen atoms in total. The first-order chi connectivity index (χ1) is 16.8. The Kier molecular flexibility index (Phi) is 5.35. The molecule has 0 fully saturated rings. The Balaban J connectivity index is 1.61. The molecule has 0 saturated carbocycles. The largest absolute Gasteiger partial charge is 0.508 e. The first-order valence-corrected chi connectivity index (χ1v) is 11.3. The van der Waals surface area contributed by atoms with Crippen molar-refractivity contribution >= 4 is 33.5 Å². The number of aromatic amines is 1. The molecule has 0 unspecified atom stereocenters. The van der Waals surface area contributed by atoms with Crippen molar-refractivity contribution in [3.63, 3.8) is 0 Å². The number of H-pyrrole nitrogens is 1. The van der Waals surface area contributed by atoms with Crippen molar-refractivity contribution in [2.75, 3.05) is 12.8 Å². The number of hydrogen-bond donors (Lipinski definition) is 3. The van der Waals surface area contributed by atoms with Crippen molar-refractivity contribution in [2.24, 2.45) is 7.05 Å². The number of nitrogens with one attached hydrogen (secondary N) is 1. The molecule has 0 radical (unpaired) electrons. The van der Waals surface area contributed by atoms with Crippen molar-refractivity contribution in [3.8, 4) is 17.1 Å². The zero-order valence-electron chi connectivity index (χ0n) is 20.0. The molecule has 0 bridgehead atoms. The number of carbonyl (C=O) groups excluding carboxylic acids is 1. The Labute approximate surface area is 201 Å². The van der Waals surface area contributed by atoms with Crippen LogP contribution in [0.2, 0.25) is 0 Å². The lowest BCUT2D eigenvalue weighted by Gasteiger charge is -2.19. The average Bonchev–Trinajstić information content (AvgIpc) is 3.39. The standard InChI is InChI=1S/C25H26N8O2/c1-5-20-27-11-15(33(20)4)12-32(3)25(35)22-17-10-16(34)6-7-18(17)28-24(29-22)14-8-13(2)21-19(9-14)30-31-23(21)26/h6-11,34H,5,12H2,1-4H3,(H3,26,30,31). The van der Waals surface area contributed by atoms with Crippen LogP contribution in [0.15, 0.2) is 36.5 Å². The summed E-state index contributed by atoms with van der Waals surface area (Å²) in [7, 11) is 3.66. The van der Waals surface area contributed by atoms with E-state index >= 15 is 0 Å². The van der Waals surface area contributed by atoms with E-state index in [1.54, 1.807) is 30.3 Å². The number of phenols is 1. The van der Waals surface area contributed by atoms with E-state index in [1.807, 2.05) is 37.6 Å². The number of aromatic nitrogens is 6. The van der Waals surface area contributed by atoms with Gasteiger partial charge in [-0.2, -0.15) is 5.10 Å². The number of rotatable bonds is 5. The van der Waals surface area contributed by atoms with Gasteiger partial charge in [0.05, 0.1) is 29.5 Å². The minimum absolute atomic E-state index is 0.0370. The second kappa shape index (κ2) is 8.39. The van der Waals surface area contributed by atoms with E-state index < -0.39 is 0 Å². The highest BCUT2D eigenvalue weighted by molar-refractivity contribution is 6.05. The first kappa shape index (κ1) is 22.3. The highest BCUT2D eigenvalue weighted by Gasteiger charge is 2.22. The number of phenolic OH excluding ortho intramolecular Hbond substituents is 1. The van der Waals surface area contributed by atoms with Gasteiger partial charge in [0, 0.05) is 36.9 Å². The third-order valence-electron chi connectivity index (χ3n) is 6.27. The molecule has 35 heavy (non-hydrogen) atoms. The van der Waals surface area contributed by atoms with E-state index in [4.69, 9.17) is 5.73 Å². The minimum atomic E-state index is -0.285. The predicted octanol–water partition coefficient (Wildman–Crippen LogP) is 3.34. The van der Waals surface area contributed by atoms with Gasteiger partial charge in [-0.05, 0) is 42.8 Å². The zero-order chi connectivity index (χ0) is 24.9. The van der Waals surface area contributed by atoms with E-state index in [0.717, 1.165) is 40.0 Å². The third kappa shape index (κ3) is 3.82. The number of benzene rings is 2. The van der Waals surface area contributed by atoms with Crippen LogP contribution in [0, 0.1) is 6.92 Å². The summed E-state index contributed by atoms with van der Waals surface area (Å²) in [4.78, 5) is 29.0. The number of fused-ring (bicyclic) bond motifs is 2. The fourth-order valence-electron chi connectivity index (χ4n) is 4.39.